The summed E-state index contributed by atoms with van der Waals surface area (Å²) in [6.45, 7) is 13.0. The number of hydrogen-bond acceptors (Lipinski definition) is 8. The molecule has 2 saturated heterocycles. The molecule has 7 rings (SSSR count). The van der Waals surface area contributed by atoms with Crippen molar-refractivity contribution >= 4 is 23.7 Å². The molecule has 8 nitrogen and oxygen atoms in total. The topological polar surface area (TPSA) is 116 Å². The fourth-order valence-corrected chi connectivity index (χ4v) is 10.4. The predicted molar refractivity (Wildman–Crippen MR) is 141 cm³/mol. The summed E-state index contributed by atoms with van der Waals surface area (Å²) in [5.74, 6) is -3.08. The molecular weight excluding hydrogens is 512 g/mol. The molecule has 5 aliphatic carbocycles. The van der Waals surface area contributed by atoms with Crippen LogP contribution >= 0.6 is 0 Å². The summed E-state index contributed by atoms with van der Waals surface area (Å²) in [4.78, 5) is 52.8. The van der Waals surface area contributed by atoms with E-state index in [4.69, 9.17) is 14.2 Å². The Kier molecular flexibility index (Phi) is 4.95. The number of esters is 3. The molecular formula is C32H36O8. The Labute approximate surface area is 233 Å². The second-order valence-corrected chi connectivity index (χ2v) is 13.6. The Morgan fingerprint density at radius 3 is 2.55 bits per heavy atom. The molecule has 11 unspecified atom stereocenters. The fourth-order valence-electron chi connectivity index (χ4n) is 10.4. The first-order valence-electron chi connectivity index (χ1n) is 14.4. The third kappa shape index (κ3) is 2.63. The third-order valence-electron chi connectivity index (χ3n) is 12.2. The SMILES string of the molecule is C=C1C(=O)OC2C1CCC(C)(O)C13C=CC21C(C)C1(C3)C(=O)OC2C3C(C)=CC(=O)C3=C(C)CC(OC(C)=O)C21. The van der Waals surface area contributed by atoms with E-state index in [2.05, 4.69) is 6.58 Å². The van der Waals surface area contributed by atoms with E-state index in [9.17, 15) is 24.3 Å². The summed E-state index contributed by atoms with van der Waals surface area (Å²) >= 11 is 0. The highest BCUT2D eigenvalue weighted by Crippen LogP contribution is 2.81. The van der Waals surface area contributed by atoms with Crippen LogP contribution in [-0.2, 0) is 33.4 Å². The normalized spacial score (nSPS) is 50.1. The lowest BCUT2D eigenvalue weighted by atomic mass is 9.47. The van der Waals surface area contributed by atoms with Gasteiger partial charge in [-0.15, -0.1) is 0 Å². The van der Waals surface area contributed by atoms with E-state index in [1.807, 2.05) is 39.8 Å². The highest BCUT2D eigenvalue weighted by atomic mass is 16.6. The van der Waals surface area contributed by atoms with Crippen LogP contribution in [-0.4, -0.2) is 52.7 Å². The Hall–Kier alpha value is -3.00. The van der Waals surface area contributed by atoms with Crippen LogP contribution in [0.4, 0.5) is 0 Å². The van der Waals surface area contributed by atoms with Crippen LogP contribution in [0.25, 0.3) is 0 Å². The molecule has 1 N–H and O–H groups in total. The molecule has 11 atom stereocenters. The monoisotopic (exact) mass is 548 g/mol. The lowest BCUT2D eigenvalue weighted by molar-refractivity contribution is -0.167. The summed E-state index contributed by atoms with van der Waals surface area (Å²) in [6, 6.07) is 0. The van der Waals surface area contributed by atoms with Gasteiger partial charge in [0.2, 0.25) is 0 Å². The maximum atomic E-state index is 14.4. The van der Waals surface area contributed by atoms with Crippen LogP contribution in [0.15, 0.2) is 47.1 Å². The molecule has 0 aromatic heterocycles. The van der Waals surface area contributed by atoms with Crippen molar-refractivity contribution in [3.05, 3.63) is 47.1 Å². The van der Waals surface area contributed by atoms with E-state index in [1.54, 1.807) is 6.08 Å². The molecule has 0 bridgehead atoms. The van der Waals surface area contributed by atoms with Crippen molar-refractivity contribution in [1.29, 1.82) is 0 Å². The van der Waals surface area contributed by atoms with Crippen molar-refractivity contribution in [3.63, 3.8) is 0 Å². The summed E-state index contributed by atoms with van der Waals surface area (Å²) in [7, 11) is 0. The molecule has 212 valence electrons. The van der Waals surface area contributed by atoms with Gasteiger partial charge >= 0.3 is 17.9 Å². The molecule has 2 aliphatic heterocycles. The molecule has 1 spiro atoms. The average molecular weight is 549 g/mol. The van der Waals surface area contributed by atoms with E-state index in [-0.39, 0.29) is 18.1 Å². The first kappa shape index (κ1) is 25.9. The Morgan fingerprint density at radius 1 is 1.18 bits per heavy atom. The number of aliphatic hydroxyl groups is 1. The van der Waals surface area contributed by atoms with Gasteiger partial charge in [0.15, 0.2) is 5.78 Å². The van der Waals surface area contributed by atoms with E-state index >= 15 is 0 Å². The van der Waals surface area contributed by atoms with Gasteiger partial charge in [0.1, 0.15) is 18.3 Å². The van der Waals surface area contributed by atoms with Gasteiger partial charge in [-0.1, -0.05) is 36.8 Å². The van der Waals surface area contributed by atoms with Crippen molar-refractivity contribution in [1.82, 2.24) is 0 Å². The van der Waals surface area contributed by atoms with Crippen LogP contribution in [0.5, 0.6) is 0 Å². The minimum atomic E-state index is -1.20. The standard InChI is InChI=1S/C32H36O8/c1-14-11-20(34)22-15(2)12-21(38-18(5)33)24-25(23(14)22)39-28(36)31(24)13-30-9-10-32(30,17(31)4)26-19(7-8-29(30,6)37)16(3)27(35)40-26/h9-11,17,19,21,23-26,37H,3,7-8,12-13H2,1-2,4-6H3. The summed E-state index contributed by atoms with van der Waals surface area (Å²) in [6.07, 6.45) is 5.24. The molecule has 4 fully saturated rings. The number of carbonyl (C=O) groups is 4. The van der Waals surface area contributed by atoms with E-state index < -0.39 is 75.8 Å². The van der Waals surface area contributed by atoms with Crippen molar-refractivity contribution in [3.8, 4) is 0 Å². The molecule has 0 amide bonds. The second kappa shape index (κ2) is 7.64. The zero-order valence-corrected chi connectivity index (χ0v) is 23.6. The van der Waals surface area contributed by atoms with Gasteiger partial charge in [-0.3, -0.25) is 14.4 Å². The second-order valence-electron chi connectivity index (χ2n) is 13.6. The first-order chi connectivity index (χ1) is 18.7. The number of ketones is 1. The molecule has 0 aromatic rings. The fraction of sp³-hybridized carbons (Fsp3) is 0.625. The van der Waals surface area contributed by atoms with Crippen LogP contribution in [0, 0.1) is 39.9 Å². The largest absolute Gasteiger partial charge is 0.462 e. The zero-order chi connectivity index (χ0) is 28.7. The molecule has 7 aliphatic rings. The van der Waals surface area contributed by atoms with E-state index in [0.29, 0.717) is 30.4 Å². The van der Waals surface area contributed by atoms with Crippen molar-refractivity contribution in [2.24, 2.45) is 39.9 Å². The number of ether oxygens (including phenoxy) is 3. The lowest BCUT2D eigenvalue weighted by Gasteiger charge is -2.58. The van der Waals surface area contributed by atoms with Crippen molar-refractivity contribution in [2.75, 3.05) is 0 Å². The molecule has 0 radical (unpaired) electrons. The van der Waals surface area contributed by atoms with Gasteiger partial charge in [0.05, 0.1) is 16.9 Å². The Balaban J connectivity index is 1.44. The zero-order valence-electron chi connectivity index (χ0n) is 23.6. The summed E-state index contributed by atoms with van der Waals surface area (Å²) in [5.41, 5.74) is -1.37. The summed E-state index contributed by atoms with van der Waals surface area (Å²) in [5, 5.41) is 12.2. The molecule has 0 aromatic carbocycles. The van der Waals surface area contributed by atoms with Crippen molar-refractivity contribution in [2.45, 2.75) is 84.2 Å². The quantitative estimate of drug-likeness (QED) is 0.229. The number of allylic oxidation sites excluding steroid dienone is 1. The van der Waals surface area contributed by atoms with Crippen LogP contribution in [0.3, 0.4) is 0 Å². The Morgan fingerprint density at radius 2 is 1.90 bits per heavy atom. The van der Waals surface area contributed by atoms with E-state index in [0.717, 1.165) is 11.1 Å². The molecule has 40 heavy (non-hydrogen) atoms. The van der Waals surface area contributed by atoms with Gasteiger partial charge < -0.3 is 19.3 Å². The average Bonchev–Trinajstić information content (AvgIpc) is 3.42. The van der Waals surface area contributed by atoms with Gasteiger partial charge in [-0.2, -0.15) is 0 Å². The highest BCUT2D eigenvalue weighted by molar-refractivity contribution is 6.09. The van der Waals surface area contributed by atoms with Crippen LogP contribution < -0.4 is 0 Å². The lowest BCUT2D eigenvalue weighted by Crippen LogP contribution is -2.61. The minimum absolute atomic E-state index is 0.0927. The van der Waals surface area contributed by atoms with Gasteiger partial charge in [-0.25, -0.2) is 4.79 Å². The number of carbonyl (C=O) groups excluding carboxylic acids is 4. The van der Waals surface area contributed by atoms with E-state index in [1.165, 1.54) is 6.92 Å². The highest BCUT2D eigenvalue weighted by Gasteiger charge is 2.85. The summed E-state index contributed by atoms with van der Waals surface area (Å²) < 4.78 is 18.4. The Bertz CT molecular complexity index is 1410. The van der Waals surface area contributed by atoms with Crippen LogP contribution in [0.1, 0.15) is 60.3 Å². The third-order valence-corrected chi connectivity index (χ3v) is 12.2. The van der Waals surface area contributed by atoms with Gasteiger partial charge in [0.25, 0.3) is 0 Å². The maximum Gasteiger partial charge on any atom is 0.334 e. The minimum Gasteiger partial charge on any atom is -0.462 e. The van der Waals surface area contributed by atoms with Crippen molar-refractivity contribution < 1.29 is 38.5 Å². The van der Waals surface area contributed by atoms with Crippen LogP contribution in [0.2, 0.25) is 0 Å². The van der Waals surface area contributed by atoms with Gasteiger partial charge in [-0.05, 0) is 52.0 Å². The number of rotatable bonds is 1. The number of hydrogen-bond donors (Lipinski definition) is 1. The molecule has 8 heteroatoms. The smallest absolute Gasteiger partial charge is 0.334 e. The first-order valence-corrected chi connectivity index (χ1v) is 14.4. The predicted octanol–water partition coefficient (Wildman–Crippen LogP) is 3.54. The molecule has 2 heterocycles. The maximum absolute atomic E-state index is 14.4. The number of fused-ring (bicyclic) bond motifs is 5. The van der Waals surface area contributed by atoms with Gasteiger partial charge in [0, 0.05) is 47.2 Å². The molecule has 2 saturated carbocycles.